The average Bonchev–Trinajstić information content (AvgIpc) is 2.55. The zero-order valence-electron chi connectivity index (χ0n) is 12.2. The van der Waals surface area contributed by atoms with Gasteiger partial charge in [0.2, 0.25) is 5.91 Å². The fourth-order valence-electron chi connectivity index (χ4n) is 3.48. The van der Waals surface area contributed by atoms with E-state index in [1.54, 1.807) is 0 Å². The number of hydrogen-bond donors (Lipinski definition) is 1. The van der Waals surface area contributed by atoms with E-state index in [1.165, 1.54) is 6.42 Å². The van der Waals surface area contributed by atoms with Gasteiger partial charge in [0.15, 0.2) is 0 Å². The van der Waals surface area contributed by atoms with Gasteiger partial charge >= 0.3 is 0 Å². The number of fused-ring (bicyclic) bond motifs is 1. The standard InChI is InChI=1S/C17H22ClNO2/c18-12-17(9-4-1-5-10-17)19-16(20)14-8-11-21-15-7-3-2-6-13(14)15/h2-3,6-7,14H,1,4-5,8-12H2,(H,19,20). The van der Waals surface area contributed by atoms with Crippen LogP contribution in [0.4, 0.5) is 0 Å². The Hall–Kier alpha value is -1.22. The monoisotopic (exact) mass is 307 g/mol. The molecule has 1 unspecified atom stereocenters. The molecule has 1 saturated carbocycles. The van der Waals surface area contributed by atoms with Crippen LogP contribution in [0, 0.1) is 0 Å². The number of benzene rings is 1. The molecule has 1 aliphatic heterocycles. The first-order valence-corrected chi connectivity index (χ1v) is 8.37. The van der Waals surface area contributed by atoms with Crippen molar-refractivity contribution in [1.29, 1.82) is 0 Å². The molecular weight excluding hydrogens is 286 g/mol. The molecule has 0 bridgehead atoms. The molecule has 1 fully saturated rings. The van der Waals surface area contributed by atoms with Gasteiger partial charge in [-0.15, -0.1) is 11.6 Å². The molecule has 3 rings (SSSR count). The van der Waals surface area contributed by atoms with Gasteiger partial charge in [-0.3, -0.25) is 4.79 Å². The van der Waals surface area contributed by atoms with Crippen molar-refractivity contribution in [2.45, 2.75) is 50.0 Å². The van der Waals surface area contributed by atoms with Crippen molar-refractivity contribution in [2.24, 2.45) is 0 Å². The normalized spacial score (nSPS) is 23.8. The summed E-state index contributed by atoms with van der Waals surface area (Å²) in [6, 6.07) is 7.84. The first kappa shape index (κ1) is 14.7. The van der Waals surface area contributed by atoms with Crippen molar-refractivity contribution in [1.82, 2.24) is 5.32 Å². The maximum Gasteiger partial charge on any atom is 0.228 e. The number of amides is 1. The minimum Gasteiger partial charge on any atom is -0.493 e. The lowest BCUT2D eigenvalue weighted by atomic mass is 9.82. The van der Waals surface area contributed by atoms with Gasteiger partial charge in [-0.05, 0) is 25.3 Å². The van der Waals surface area contributed by atoms with Crippen molar-refractivity contribution in [3.05, 3.63) is 29.8 Å². The molecule has 21 heavy (non-hydrogen) atoms. The lowest BCUT2D eigenvalue weighted by Crippen LogP contribution is -2.53. The molecule has 114 valence electrons. The molecule has 3 nitrogen and oxygen atoms in total. The SMILES string of the molecule is O=C(NC1(CCl)CCCCC1)C1CCOc2ccccc21. The number of rotatable bonds is 3. The van der Waals surface area contributed by atoms with Gasteiger partial charge in [0.1, 0.15) is 5.75 Å². The zero-order valence-corrected chi connectivity index (χ0v) is 13.0. The van der Waals surface area contributed by atoms with Crippen LogP contribution in [0.15, 0.2) is 24.3 Å². The Morgan fingerprint density at radius 3 is 2.81 bits per heavy atom. The zero-order chi connectivity index (χ0) is 14.7. The van der Waals surface area contributed by atoms with Gasteiger partial charge in [-0.1, -0.05) is 37.5 Å². The average molecular weight is 308 g/mol. The van der Waals surface area contributed by atoms with Gasteiger partial charge in [0, 0.05) is 11.4 Å². The van der Waals surface area contributed by atoms with Crippen LogP contribution in [-0.2, 0) is 4.79 Å². The molecule has 0 radical (unpaired) electrons. The van der Waals surface area contributed by atoms with E-state index in [0.717, 1.165) is 43.4 Å². The number of carbonyl (C=O) groups is 1. The van der Waals surface area contributed by atoms with Gasteiger partial charge in [-0.2, -0.15) is 0 Å². The van der Waals surface area contributed by atoms with Crippen LogP contribution in [0.5, 0.6) is 5.75 Å². The molecule has 4 heteroatoms. The summed E-state index contributed by atoms with van der Waals surface area (Å²) < 4.78 is 5.64. The van der Waals surface area contributed by atoms with Crippen LogP contribution in [0.2, 0.25) is 0 Å². The fraction of sp³-hybridized carbons (Fsp3) is 0.588. The van der Waals surface area contributed by atoms with Crippen LogP contribution in [-0.4, -0.2) is 23.9 Å². The molecule has 1 atom stereocenters. The third kappa shape index (κ3) is 3.03. The number of hydrogen-bond acceptors (Lipinski definition) is 2. The van der Waals surface area contributed by atoms with Gasteiger partial charge in [0.25, 0.3) is 0 Å². The van der Waals surface area contributed by atoms with Gasteiger partial charge in [0.05, 0.1) is 18.1 Å². The number of carbonyl (C=O) groups excluding carboxylic acids is 1. The molecule has 0 aromatic heterocycles. The van der Waals surface area contributed by atoms with Crippen molar-refractivity contribution in [2.75, 3.05) is 12.5 Å². The largest absolute Gasteiger partial charge is 0.493 e. The fourth-order valence-corrected chi connectivity index (χ4v) is 3.82. The highest BCUT2D eigenvalue weighted by Crippen LogP contribution is 2.35. The quantitative estimate of drug-likeness (QED) is 0.866. The van der Waals surface area contributed by atoms with Crippen LogP contribution >= 0.6 is 11.6 Å². The second-order valence-electron chi connectivity index (χ2n) is 6.19. The molecule has 1 N–H and O–H groups in total. The third-order valence-corrected chi connectivity index (χ3v) is 5.24. The summed E-state index contributed by atoms with van der Waals surface area (Å²) in [6.45, 7) is 0.600. The van der Waals surface area contributed by atoms with E-state index in [2.05, 4.69) is 5.32 Å². The third-order valence-electron chi connectivity index (χ3n) is 4.73. The Labute approximate surface area is 131 Å². The molecule has 0 saturated heterocycles. The number of alkyl halides is 1. The Bertz CT molecular complexity index is 511. The Morgan fingerprint density at radius 2 is 2.05 bits per heavy atom. The second-order valence-corrected chi connectivity index (χ2v) is 6.46. The molecule has 0 spiro atoms. The molecule has 1 aromatic carbocycles. The highest BCUT2D eigenvalue weighted by Gasteiger charge is 2.36. The number of nitrogens with one attached hydrogen (secondary N) is 1. The molecule has 1 aromatic rings. The van der Waals surface area contributed by atoms with E-state index in [1.807, 2.05) is 24.3 Å². The summed E-state index contributed by atoms with van der Waals surface area (Å²) in [7, 11) is 0. The highest BCUT2D eigenvalue weighted by molar-refractivity contribution is 6.18. The lowest BCUT2D eigenvalue weighted by Gasteiger charge is -2.38. The summed E-state index contributed by atoms with van der Waals surface area (Å²) in [5.74, 6) is 1.33. The summed E-state index contributed by atoms with van der Waals surface area (Å²) >= 11 is 6.18. The van der Waals surface area contributed by atoms with Crippen LogP contribution in [0.25, 0.3) is 0 Å². The van der Waals surface area contributed by atoms with Crippen molar-refractivity contribution < 1.29 is 9.53 Å². The maximum atomic E-state index is 12.8. The minimum absolute atomic E-state index is 0.105. The lowest BCUT2D eigenvalue weighted by molar-refractivity contribution is -0.125. The molecule has 2 aliphatic rings. The van der Waals surface area contributed by atoms with E-state index < -0.39 is 0 Å². The van der Waals surface area contributed by atoms with Crippen molar-refractivity contribution >= 4 is 17.5 Å². The van der Waals surface area contributed by atoms with Crippen molar-refractivity contribution in [3.8, 4) is 5.75 Å². The van der Waals surface area contributed by atoms with Crippen LogP contribution in [0.1, 0.15) is 50.0 Å². The van der Waals surface area contributed by atoms with E-state index in [9.17, 15) is 4.79 Å². The van der Waals surface area contributed by atoms with Crippen molar-refractivity contribution in [3.63, 3.8) is 0 Å². The predicted octanol–water partition coefficient (Wildman–Crippen LogP) is 3.61. The van der Waals surface area contributed by atoms with Gasteiger partial charge < -0.3 is 10.1 Å². The highest BCUT2D eigenvalue weighted by atomic mass is 35.5. The van der Waals surface area contributed by atoms with E-state index in [0.29, 0.717) is 12.5 Å². The molecule has 1 amide bonds. The smallest absolute Gasteiger partial charge is 0.228 e. The van der Waals surface area contributed by atoms with Crippen LogP contribution < -0.4 is 10.1 Å². The van der Waals surface area contributed by atoms with Crippen LogP contribution in [0.3, 0.4) is 0 Å². The summed E-state index contributed by atoms with van der Waals surface area (Å²) in [4.78, 5) is 12.8. The molecule has 1 aliphatic carbocycles. The Kier molecular flexibility index (Phi) is 4.39. The number of halogens is 1. The summed E-state index contributed by atoms with van der Waals surface area (Å²) in [5, 5.41) is 3.27. The topological polar surface area (TPSA) is 38.3 Å². The first-order chi connectivity index (χ1) is 10.2. The number of para-hydroxylation sites is 1. The second kappa shape index (κ2) is 6.27. The Morgan fingerprint density at radius 1 is 1.29 bits per heavy atom. The number of ether oxygens (including phenoxy) is 1. The Balaban J connectivity index is 1.77. The summed E-state index contributed by atoms with van der Waals surface area (Å²) in [5.41, 5.74) is 0.797. The minimum atomic E-state index is -0.204. The van der Waals surface area contributed by atoms with Gasteiger partial charge in [-0.25, -0.2) is 0 Å². The maximum absolute atomic E-state index is 12.8. The van der Waals surface area contributed by atoms with E-state index in [-0.39, 0.29) is 17.4 Å². The van der Waals surface area contributed by atoms with E-state index >= 15 is 0 Å². The first-order valence-electron chi connectivity index (χ1n) is 7.84. The summed E-state index contributed by atoms with van der Waals surface area (Å²) in [6.07, 6.45) is 6.27. The predicted molar refractivity (Wildman–Crippen MR) is 84.0 cm³/mol. The van der Waals surface area contributed by atoms with E-state index in [4.69, 9.17) is 16.3 Å². The molecular formula is C17H22ClNO2. The molecule has 1 heterocycles.